The number of methoxy groups -OCH3 is 1. The number of ketones is 1. The second-order valence-corrected chi connectivity index (χ2v) is 5.29. The van der Waals surface area contributed by atoms with Gasteiger partial charge in [-0.2, -0.15) is 0 Å². The van der Waals surface area contributed by atoms with Crippen molar-refractivity contribution in [3.05, 3.63) is 52.3 Å². The largest absolute Gasteiger partial charge is 0.496 e. The average molecular weight is 350 g/mol. The number of benzene rings is 1. The molecule has 0 aliphatic rings. The molecule has 1 heterocycles. The van der Waals surface area contributed by atoms with Gasteiger partial charge in [0.1, 0.15) is 11.5 Å². The van der Waals surface area contributed by atoms with Crippen LogP contribution in [0.5, 0.6) is 11.5 Å². The van der Waals surface area contributed by atoms with Crippen molar-refractivity contribution < 1.29 is 14.3 Å². The predicted molar refractivity (Wildman–Crippen MR) is 84.1 cm³/mol. The van der Waals surface area contributed by atoms with Crippen molar-refractivity contribution in [1.29, 1.82) is 0 Å². The normalized spacial score (nSPS) is 10.2. The number of rotatable bonds is 6. The highest BCUT2D eigenvalue weighted by atomic mass is 79.9. The smallest absolute Gasteiger partial charge is 0.194 e. The van der Waals surface area contributed by atoms with Crippen LogP contribution in [0.15, 0.2) is 41.1 Å². The molecule has 1 aromatic carbocycles. The first kappa shape index (κ1) is 15.5. The van der Waals surface area contributed by atoms with Gasteiger partial charge in [0, 0.05) is 17.3 Å². The molecule has 4 nitrogen and oxygen atoms in total. The van der Waals surface area contributed by atoms with E-state index < -0.39 is 0 Å². The molecule has 0 fully saturated rings. The SMILES string of the molecule is CCCOc1cncc(C(=O)c2ccc(OC)c(Br)c2)c1. The van der Waals surface area contributed by atoms with Gasteiger partial charge in [-0.25, -0.2) is 0 Å². The van der Waals surface area contributed by atoms with Gasteiger partial charge in [-0.05, 0) is 46.6 Å². The molecular formula is C16H16BrNO3. The monoisotopic (exact) mass is 349 g/mol. The third-order valence-electron chi connectivity index (χ3n) is 2.86. The lowest BCUT2D eigenvalue weighted by Gasteiger charge is -2.07. The van der Waals surface area contributed by atoms with Gasteiger partial charge in [0.2, 0.25) is 0 Å². The van der Waals surface area contributed by atoms with Crippen molar-refractivity contribution >= 4 is 21.7 Å². The second kappa shape index (κ2) is 7.22. The second-order valence-electron chi connectivity index (χ2n) is 4.44. The van der Waals surface area contributed by atoms with Crippen molar-refractivity contribution in [1.82, 2.24) is 4.98 Å². The minimum atomic E-state index is -0.104. The van der Waals surface area contributed by atoms with Crippen LogP contribution in [0.3, 0.4) is 0 Å². The maximum atomic E-state index is 12.5. The third-order valence-corrected chi connectivity index (χ3v) is 3.48. The standard InChI is InChI=1S/C16H16BrNO3/c1-3-6-21-13-7-12(9-18-10-13)16(19)11-4-5-15(20-2)14(17)8-11/h4-5,7-10H,3,6H2,1-2H3. The van der Waals surface area contributed by atoms with Crippen LogP contribution in [0.4, 0.5) is 0 Å². The van der Waals surface area contributed by atoms with E-state index in [1.807, 2.05) is 6.92 Å². The van der Waals surface area contributed by atoms with Crippen LogP contribution in [0.25, 0.3) is 0 Å². The molecule has 0 aliphatic heterocycles. The number of nitrogens with zero attached hydrogens (tertiary/aromatic N) is 1. The number of pyridine rings is 1. The summed E-state index contributed by atoms with van der Waals surface area (Å²) in [6, 6.07) is 6.93. The summed E-state index contributed by atoms with van der Waals surface area (Å²) < 4.78 is 11.4. The number of hydrogen-bond donors (Lipinski definition) is 0. The summed E-state index contributed by atoms with van der Waals surface area (Å²) in [5.41, 5.74) is 1.07. The number of carbonyl (C=O) groups excluding carboxylic acids is 1. The Morgan fingerprint density at radius 3 is 2.71 bits per heavy atom. The van der Waals surface area contributed by atoms with Crippen LogP contribution in [0, 0.1) is 0 Å². The van der Waals surface area contributed by atoms with Crippen LogP contribution in [0.1, 0.15) is 29.3 Å². The first-order valence-corrected chi connectivity index (χ1v) is 7.41. The molecule has 0 spiro atoms. The first-order chi connectivity index (χ1) is 10.2. The van der Waals surface area contributed by atoms with Crippen LogP contribution in [-0.4, -0.2) is 24.5 Å². The fourth-order valence-corrected chi connectivity index (χ4v) is 2.36. The van der Waals surface area contributed by atoms with E-state index in [9.17, 15) is 4.79 Å². The van der Waals surface area contributed by atoms with Crippen LogP contribution < -0.4 is 9.47 Å². The Balaban J connectivity index is 2.25. The van der Waals surface area contributed by atoms with Crippen LogP contribution in [0.2, 0.25) is 0 Å². The van der Waals surface area contributed by atoms with Gasteiger partial charge in [0.25, 0.3) is 0 Å². The topological polar surface area (TPSA) is 48.4 Å². The molecule has 0 atom stereocenters. The quantitative estimate of drug-likeness (QED) is 0.742. The van der Waals surface area contributed by atoms with Crippen LogP contribution >= 0.6 is 15.9 Å². The molecule has 0 amide bonds. The molecule has 1 aromatic heterocycles. The lowest BCUT2D eigenvalue weighted by atomic mass is 10.0. The molecule has 2 rings (SSSR count). The summed E-state index contributed by atoms with van der Waals surface area (Å²) in [6.45, 7) is 2.63. The third kappa shape index (κ3) is 3.82. The number of hydrogen-bond acceptors (Lipinski definition) is 4. The van der Waals surface area contributed by atoms with Crippen LogP contribution in [-0.2, 0) is 0 Å². The molecule has 110 valence electrons. The Labute approximate surface area is 132 Å². The molecule has 0 saturated carbocycles. The Kier molecular flexibility index (Phi) is 5.33. The molecular weight excluding hydrogens is 334 g/mol. The molecule has 0 radical (unpaired) electrons. The highest BCUT2D eigenvalue weighted by Gasteiger charge is 2.12. The van der Waals surface area contributed by atoms with Crippen molar-refractivity contribution in [2.24, 2.45) is 0 Å². The van der Waals surface area contributed by atoms with Gasteiger partial charge in [-0.15, -0.1) is 0 Å². The average Bonchev–Trinajstić information content (AvgIpc) is 2.52. The van der Waals surface area contributed by atoms with Crippen molar-refractivity contribution in [3.8, 4) is 11.5 Å². The van der Waals surface area contributed by atoms with Gasteiger partial charge in [0.15, 0.2) is 5.78 Å². The summed E-state index contributed by atoms with van der Waals surface area (Å²) in [7, 11) is 1.58. The number of ether oxygens (including phenoxy) is 2. The summed E-state index contributed by atoms with van der Waals surface area (Å²) >= 11 is 3.38. The summed E-state index contributed by atoms with van der Waals surface area (Å²) in [5, 5.41) is 0. The van der Waals surface area contributed by atoms with E-state index in [1.165, 1.54) is 0 Å². The predicted octanol–water partition coefficient (Wildman–Crippen LogP) is 3.87. The molecule has 2 aromatic rings. The van der Waals surface area contributed by atoms with Gasteiger partial charge in [-0.1, -0.05) is 6.92 Å². The number of halogens is 1. The Bertz CT molecular complexity index is 643. The Hall–Kier alpha value is -1.88. The lowest BCUT2D eigenvalue weighted by Crippen LogP contribution is -2.04. The molecule has 5 heteroatoms. The maximum absolute atomic E-state index is 12.5. The highest BCUT2D eigenvalue weighted by Crippen LogP contribution is 2.26. The molecule has 0 bridgehead atoms. The molecule has 0 saturated heterocycles. The van der Waals surface area contributed by atoms with E-state index in [4.69, 9.17) is 9.47 Å². The van der Waals surface area contributed by atoms with Gasteiger partial charge < -0.3 is 9.47 Å². The molecule has 21 heavy (non-hydrogen) atoms. The summed E-state index contributed by atoms with van der Waals surface area (Å²) in [5.74, 6) is 1.19. The fourth-order valence-electron chi connectivity index (χ4n) is 1.82. The van der Waals surface area contributed by atoms with Gasteiger partial charge in [-0.3, -0.25) is 9.78 Å². The van der Waals surface area contributed by atoms with E-state index in [1.54, 1.807) is 43.8 Å². The fraction of sp³-hybridized carbons (Fsp3) is 0.250. The highest BCUT2D eigenvalue weighted by molar-refractivity contribution is 9.10. The zero-order chi connectivity index (χ0) is 15.2. The van der Waals surface area contributed by atoms with E-state index in [0.29, 0.717) is 29.2 Å². The molecule has 0 unspecified atom stereocenters. The minimum Gasteiger partial charge on any atom is -0.496 e. The Morgan fingerprint density at radius 2 is 2.05 bits per heavy atom. The number of aromatic nitrogens is 1. The summed E-state index contributed by atoms with van der Waals surface area (Å²) in [6.07, 6.45) is 4.05. The zero-order valence-electron chi connectivity index (χ0n) is 11.9. The minimum absolute atomic E-state index is 0.104. The molecule has 0 aliphatic carbocycles. The number of carbonyl (C=O) groups is 1. The first-order valence-electron chi connectivity index (χ1n) is 6.61. The molecule has 0 N–H and O–H groups in total. The lowest BCUT2D eigenvalue weighted by molar-refractivity contribution is 0.103. The van der Waals surface area contributed by atoms with E-state index in [-0.39, 0.29) is 5.78 Å². The Morgan fingerprint density at radius 1 is 1.24 bits per heavy atom. The zero-order valence-corrected chi connectivity index (χ0v) is 13.5. The van der Waals surface area contributed by atoms with Crippen molar-refractivity contribution in [3.63, 3.8) is 0 Å². The van der Waals surface area contributed by atoms with Crippen molar-refractivity contribution in [2.75, 3.05) is 13.7 Å². The van der Waals surface area contributed by atoms with Gasteiger partial charge >= 0.3 is 0 Å². The van der Waals surface area contributed by atoms with E-state index in [0.717, 1.165) is 10.9 Å². The maximum Gasteiger partial charge on any atom is 0.194 e. The van der Waals surface area contributed by atoms with Gasteiger partial charge in [0.05, 0.1) is 24.4 Å². The van der Waals surface area contributed by atoms with Crippen molar-refractivity contribution in [2.45, 2.75) is 13.3 Å². The van der Waals surface area contributed by atoms with E-state index >= 15 is 0 Å². The summed E-state index contributed by atoms with van der Waals surface area (Å²) in [4.78, 5) is 16.5. The van der Waals surface area contributed by atoms with E-state index in [2.05, 4.69) is 20.9 Å².